The largest absolute Gasteiger partial charge is 0.450 e. The molecule has 2 heterocycles. The highest BCUT2D eigenvalue weighted by atomic mass is 19.1. The molecule has 0 saturated heterocycles. The van der Waals surface area contributed by atoms with Gasteiger partial charge >= 0.3 is 0 Å². The molecule has 138 valence electrons. The first-order valence-corrected chi connectivity index (χ1v) is 8.74. The minimum absolute atomic E-state index is 0.0479. The molecule has 6 heteroatoms. The van der Waals surface area contributed by atoms with Gasteiger partial charge in [0.1, 0.15) is 11.4 Å². The van der Waals surface area contributed by atoms with Crippen LogP contribution in [0.5, 0.6) is 0 Å². The second-order valence-electron chi connectivity index (χ2n) is 6.93. The van der Waals surface area contributed by atoms with E-state index in [1.165, 1.54) is 12.1 Å². The summed E-state index contributed by atoms with van der Waals surface area (Å²) in [7, 11) is 3.84. The number of hydrogen-bond acceptors (Lipinski definition) is 4. The Morgan fingerprint density at radius 1 is 1.11 bits per heavy atom. The van der Waals surface area contributed by atoms with E-state index in [1.54, 1.807) is 4.90 Å². The maximum absolute atomic E-state index is 13.7. The summed E-state index contributed by atoms with van der Waals surface area (Å²) in [6.07, 6.45) is 0. The van der Waals surface area contributed by atoms with Gasteiger partial charge < -0.3 is 14.2 Å². The van der Waals surface area contributed by atoms with E-state index in [-0.39, 0.29) is 33.6 Å². The fraction of sp³-hybridized carbons (Fsp3) is 0.238. The van der Waals surface area contributed by atoms with Gasteiger partial charge in [0, 0.05) is 13.1 Å². The van der Waals surface area contributed by atoms with Gasteiger partial charge in [-0.3, -0.25) is 9.59 Å². The molecule has 1 aromatic heterocycles. The molecule has 0 aliphatic carbocycles. The molecule has 27 heavy (non-hydrogen) atoms. The molecule has 0 saturated carbocycles. The number of likely N-dealkylation sites (N-methyl/N-ethyl adjacent to an activating group) is 1. The zero-order valence-electron chi connectivity index (χ0n) is 15.1. The number of nitrogens with zero attached hydrogens (tertiary/aromatic N) is 2. The van der Waals surface area contributed by atoms with Gasteiger partial charge in [-0.1, -0.05) is 30.3 Å². The molecule has 0 radical (unpaired) electrons. The fourth-order valence-corrected chi connectivity index (χ4v) is 3.51. The third kappa shape index (κ3) is 2.92. The number of rotatable bonds is 4. The molecule has 4 rings (SSSR count). The first-order chi connectivity index (χ1) is 13.0. The highest BCUT2D eigenvalue weighted by molar-refractivity contribution is 5.99. The van der Waals surface area contributed by atoms with Crippen molar-refractivity contribution in [3.63, 3.8) is 0 Å². The predicted molar refractivity (Wildman–Crippen MR) is 100 cm³/mol. The van der Waals surface area contributed by atoms with Crippen LogP contribution in [0.3, 0.4) is 0 Å². The molecule has 3 aromatic rings. The number of carbonyl (C=O) groups excluding carboxylic acids is 1. The quantitative estimate of drug-likeness (QED) is 0.712. The van der Waals surface area contributed by atoms with Crippen LogP contribution in [0.2, 0.25) is 0 Å². The van der Waals surface area contributed by atoms with Crippen LogP contribution in [-0.4, -0.2) is 42.9 Å². The van der Waals surface area contributed by atoms with Gasteiger partial charge in [-0.2, -0.15) is 0 Å². The highest BCUT2D eigenvalue weighted by Crippen LogP contribution is 2.37. The lowest BCUT2D eigenvalue weighted by Crippen LogP contribution is -2.35. The van der Waals surface area contributed by atoms with Gasteiger partial charge in [0.05, 0.1) is 17.0 Å². The monoisotopic (exact) mass is 366 g/mol. The normalized spacial score (nSPS) is 16.4. The number of halogens is 1. The molecule has 1 atom stereocenters. The van der Waals surface area contributed by atoms with Crippen molar-refractivity contribution in [2.75, 3.05) is 27.2 Å². The number of fused-ring (bicyclic) bond motifs is 2. The molecule has 0 unspecified atom stereocenters. The molecular weight excluding hydrogens is 347 g/mol. The van der Waals surface area contributed by atoms with Gasteiger partial charge in [-0.05, 0) is 37.9 Å². The van der Waals surface area contributed by atoms with Crippen molar-refractivity contribution in [3.8, 4) is 0 Å². The first-order valence-electron chi connectivity index (χ1n) is 8.74. The van der Waals surface area contributed by atoms with Crippen molar-refractivity contribution in [1.29, 1.82) is 0 Å². The molecule has 1 amide bonds. The van der Waals surface area contributed by atoms with Crippen molar-refractivity contribution >= 4 is 16.9 Å². The van der Waals surface area contributed by atoms with Crippen LogP contribution < -0.4 is 5.43 Å². The Morgan fingerprint density at radius 3 is 2.56 bits per heavy atom. The lowest BCUT2D eigenvalue weighted by atomic mass is 9.98. The number of hydrogen-bond donors (Lipinski definition) is 0. The Bertz CT molecular complexity index is 1080. The average molecular weight is 366 g/mol. The number of amides is 1. The number of carbonyl (C=O) groups is 1. The first kappa shape index (κ1) is 17.4. The molecule has 0 spiro atoms. The van der Waals surface area contributed by atoms with Crippen LogP contribution in [0.15, 0.2) is 57.7 Å². The summed E-state index contributed by atoms with van der Waals surface area (Å²) in [5.41, 5.74) is 0.963. The maximum atomic E-state index is 13.7. The lowest BCUT2D eigenvalue weighted by Gasteiger charge is -2.26. The molecule has 0 bridgehead atoms. The summed E-state index contributed by atoms with van der Waals surface area (Å²) in [6.45, 7) is 1.09. The van der Waals surface area contributed by atoms with Gasteiger partial charge in [0.15, 0.2) is 5.43 Å². The van der Waals surface area contributed by atoms with Crippen molar-refractivity contribution in [2.24, 2.45) is 0 Å². The Kier molecular flexibility index (Phi) is 4.28. The highest BCUT2D eigenvalue weighted by Gasteiger charge is 2.42. The standard InChI is InChI=1S/C21H19FN2O3/c1-23(2)10-11-24-18(13-6-4-3-5-7-13)17-19(25)15-12-14(22)8-9-16(15)27-20(17)21(24)26/h3-9,12,18H,10-11H2,1-2H3/t18-/m1/s1. The second kappa shape index (κ2) is 6.63. The van der Waals surface area contributed by atoms with Crippen molar-refractivity contribution in [3.05, 3.63) is 81.5 Å². The molecule has 5 nitrogen and oxygen atoms in total. The second-order valence-corrected chi connectivity index (χ2v) is 6.93. The zero-order valence-corrected chi connectivity index (χ0v) is 15.1. The van der Waals surface area contributed by atoms with Gasteiger partial charge in [0.25, 0.3) is 5.91 Å². The Labute approximate surface area is 155 Å². The van der Waals surface area contributed by atoms with E-state index >= 15 is 0 Å². The molecule has 1 aliphatic rings. The van der Waals surface area contributed by atoms with Crippen LogP contribution in [0.1, 0.15) is 27.7 Å². The molecule has 0 N–H and O–H groups in total. The van der Waals surface area contributed by atoms with Crippen LogP contribution in [0.4, 0.5) is 4.39 Å². The van der Waals surface area contributed by atoms with E-state index in [0.717, 1.165) is 11.6 Å². The van der Waals surface area contributed by atoms with E-state index in [2.05, 4.69) is 0 Å². The van der Waals surface area contributed by atoms with E-state index in [9.17, 15) is 14.0 Å². The lowest BCUT2D eigenvalue weighted by molar-refractivity contribution is 0.0716. The van der Waals surface area contributed by atoms with Crippen molar-refractivity contribution < 1.29 is 13.6 Å². The van der Waals surface area contributed by atoms with Crippen LogP contribution in [0, 0.1) is 5.82 Å². The van der Waals surface area contributed by atoms with Crippen LogP contribution >= 0.6 is 0 Å². The summed E-state index contributed by atoms with van der Waals surface area (Å²) in [5.74, 6) is -0.782. The molecule has 0 fully saturated rings. The SMILES string of the molecule is CN(C)CCN1C(=O)c2oc3ccc(F)cc3c(=O)c2[C@H]1c1ccccc1. The Hall–Kier alpha value is -2.99. The van der Waals surface area contributed by atoms with Gasteiger partial charge in [-0.15, -0.1) is 0 Å². The molecule has 2 aromatic carbocycles. The smallest absolute Gasteiger partial charge is 0.290 e. The number of benzene rings is 2. The minimum atomic E-state index is -0.544. The van der Waals surface area contributed by atoms with E-state index in [4.69, 9.17) is 4.42 Å². The fourth-order valence-electron chi connectivity index (χ4n) is 3.51. The third-order valence-electron chi connectivity index (χ3n) is 4.83. The summed E-state index contributed by atoms with van der Waals surface area (Å²) in [6, 6.07) is 12.6. The summed E-state index contributed by atoms with van der Waals surface area (Å²) >= 11 is 0. The van der Waals surface area contributed by atoms with Crippen LogP contribution in [0.25, 0.3) is 11.0 Å². The van der Waals surface area contributed by atoms with Crippen molar-refractivity contribution in [1.82, 2.24) is 9.80 Å². The van der Waals surface area contributed by atoms with Gasteiger partial charge in [-0.25, -0.2) is 4.39 Å². The zero-order chi connectivity index (χ0) is 19.1. The molecule has 1 aliphatic heterocycles. The summed E-state index contributed by atoms with van der Waals surface area (Å²) < 4.78 is 19.5. The van der Waals surface area contributed by atoms with E-state index in [0.29, 0.717) is 13.1 Å². The van der Waals surface area contributed by atoms with E-state index in [1.807, 2.05) is 49.3 Å². The topological polar surface area (TPSA) is 53.8 Å². The van der Waals surface area contributed by atoms with Crippen LogP contribution in [-0.2, 0) is 0 Å². The van der Waals surface area contributed by atoms with Gasteiger partial charge in [0.2, 0.25) is 5.76 Å². The Balaban J connectivity index is 1.95. The third-order valence-corrected chi connectivity index (χ3v) is 4.83. The summed E-state index contributed by atoms with van der Waals surface area (Å²) in [5, 5.41) is 0.150. The van der Waals surface area contributed by atoms with E-state index < -0.39 is 11.9 Å². The minimum Gasteiger partial charge on any atom is -0.450 e. The van der Waals surface area contributed by atoms with Crippen molar-refractivity contribution in [2.45, 2.75) is 6.04 Å². The Morgan fingerprint density at radius 2 is 1.85 bits per heavy atom. The average Bonchev–Trinajstić information content (AvgIpc) is 2.94. The summed E-state index contributed by atoms with van der Waals surface area (Å²) in [4.78, 5) is 29.9. The maximum Gasteiger partial charge on any atom is 0.290 e. The molecular formula is C21H19FN2O3. The predicted octanol–water partition coefficient (Wildman–Crippen LogP) is 3.04.